The van der Waals surface area contributed by atoms with Gasteiger partial charge in [-0.05, 0) is 54.8 Å². The van der Waals surface area contributed by atoms with Crippen LogP contribution in [0.1, 0.15) is 30.5 Å². The maximum Gasteiger partial charge on any atom is 0.130 e. The highest BCUT2D eigenvalue weighted by atomic mass is 16.5. The molecule has 2 heteroatoms. The van der Waals surface area contributed by atoms with E-state index in [-0.39, 0.29) is 0 Å². The van der Waals surface area contributed by atoms with Gasteiger partial charge in [0.05, 0.1) is 0 Å². The smallest absolute Gasteiger partial charge is 0.130 e. The first-order chi connectivity index (χ1) is 9.72. The molecular weight excluding hydrogens is 246 g/mol. The first-order valence-corrected chi connectivity index (χ1v) is 7.30. The molecule has 0 heterocycles. The van der Waals surface area contributed by atoms with Crippen molar-refractivity contribution < 1.29 is 4.74 Å². The maximum atomic E-state index is 6.04. The summed E-state index contributed by atoms with van der Waals surface area (Å²) in [4.78, 5) is 0. The Labute approximate surface area is 121 Å². The van der Waals surface area contributed by atoms with Gasteiger partial charge in [-0.15, -0.1) is 0 Å². The van der Waals surface area contributed by atoms with Gasteiger partial charge in [0.1, 0.15) is 11.5 Å². The summed E-state index contributed by atoms with van der Waals surface area (Å²) in [6.07, 6.45) is 1.02. The summed E-state index contributed by atoms with van der Waals surface area (Å²) in [7, 11) is 0. The lowest BCUT2D eigenvalue weighted by Gasteiger charge is -2.12. The number of hydrogen-bond acceptors (Lipinski definition) is 2. The molecule has 0 atom stereocenters. The summed E-state index contributed by atoms with van der Waals surface area (Å²) >= 11 is 0. The van der Waals surface area contributed by atoms with E-state index in [4.69, 9.17) is 4.74 Å². The van der Waals surface area contributed by atoms with Crippen molar-refractivity contribution in [2.75, 3.05) is 6.54 Å². The Morgan fingerprint density at radius 1 is 1.00 bits per heavy atom. The fourth-order valence-corrected chi connectivity index (χ4v) is 2.09. The Morgan fingerprint density at radius 3 is 2.60 bits per heavy atom. The van der Waals surface area contributed by atoms with E-state index in [9.17, 15) is 0 Å². The van der Waals surface area contributed by atoms with Crippen LogP contribution in [0.25, 0.3) is 0 Å². The van der Waals surface area contributed by atoms with Gasteiger partial charge in [-0.25, -0.2) is 0 Å². The molecule has 20 heavy (non-hydrogen) atoms. The quantitative estimate of drug-likeness (QED) is 0.836. The van der Waals surface area contributed by atoms with E-state index < -0.39 is 0 Å². The molecule has 0 aromatic heterocycles. The fraction of sp³-hybridized carbons (Fsp3) is 0.333. The van der Waals surface area contributed by atoms with Crippen molar-refractivity contribution in [1.82, 2.24) is 5.32 Å². The monoisotopic (exact) mass is 269 g/mol. The zero-order valence-corrected chi connectivity index (χ0v) is 12.6. The van der Waals surface area contributed by atoms with Crippen LogP contribution in [0.15, 0.2) is 42.5 Å². The molecule has 0 amide bonds. The molecule has 2 nitrogen and oxygen atoms in total. The molecular formula is C18H23NO. The second-order valence-electron chi connectivity index (χ2n) is 4.98. The number of aryl methyl sites for hydroxylation is 2. The molecule has 0 unspecified atom stereocenters. The van der Waals surface area contributed by atoms with E-state index in [0.717, 1.165) is 36.6 Å². The molecule has 0 bridgehead atoms. The SMILES string of the molecule is CCNCc1ccc(C)c(Oc2cccc(CC)c2)c1. The Hall–Kier alpha value is -1.80. The molecule has 1 N–H and O–H groups in total. The molecule has 2 aromatic carbocycles. The number of rotatable bonds is 6. The van der Waals surface area contributed by atoms with Gasteiger partial charge in [-0.2, -0.15) is 0 Å². The van der Waals surface area contributed by atoms with Gasteiger partial charge >= 0.3 is 0 Å². The van der Waals surface area contributed by atoms with Gasteiger partial charge in [0, 0.05) is 6.54 Å². The summed E-state index contributed by atoms with van der Waals surface area (Å²) in [5, 5.41) is 3.34. The lowest BCUT2D eigenvalue weighted by Crippen LogP contribution is -2.11. The normalized spacial score (nSPS) is 10.6. The summed E-state index contributed by atoms with van der Waals surface area (Å²) in [5.74, 6) is 1.85. The predicted octanol–water partition coefficient (Wildman–Crippen LogP) is 4.46. The van der Waals surface area contributed by atoms with Gasteiger partial charge < -0.3 is 10.1 Å². The van der Waals surface area contributed by atoms with Gasteiger partial charge in [-0.3, -0.25) is 0 Å². The lowest BCUT2D eigenvalue weighted by molar-refractivity contribution is 0.477. The average Bonchev–Trinajstić information content (AvgIpc) is 2.48. The summed E-state index contributed by atoms with van der Waals surface area (Å²) in [6.45, 7) is 8.20. The number of hydrogen-bond donors (Lipinski definition) is 1. The van der Waals surface area contributed by atoms with Crippen LogP contribution >= 0.6 is 0 Å². The van der Waals surface area contributed by atoms with Gasteiger partial charge in [0.2, 0.25) is 0 Å². The van der Waals surface area contributed by atoms with Crippen molar-refractivity contribution in [1.29, 1.82) is 0 Å². The summed E-state index contributed by atoms with van der Waals surface area (Å²) in [5.41, 5.74) is 3.70. The van der Waals surface area contributed by atoms with E-state index in [2.05, 4.69) is 56.4 Å². The van der Waals surface area contributed by atoms with Crippen LogP contribution in [0.4, 0.5) is 0 Å². The number of benzene rings is 2. The van der Waals surface area contributed by atoms with E-state index in [0.29, 0.717) is 0 Å². The molecule has 0 spiro atoms. The highest BCUT2D eigenvalue weighted by Gasteiger charge is 2.04. The molecule has 0 saturated heterocycles. The fourth-order valence-electron chi connectivity index (χ4n) is 2.09. The first kappa shape index (κ1) is 14.6. The van der Waals surface area contributed by atoms with Crippen LogP contribution in [-0.4, -0.2) is 6.54 Å². The molecule has 2 rings (SSSR count). The average molecular weight is 269 g/mol. The molecule has 0 aliphatic heterocycles. The van der Waals surface area contributed by atoms with Crippen LogP contribution in [0.2, 0.25) is 0 Å². The number of nitrogens with one attached hydrogen (secondary N) is 1. The minimum atomic E-state index is 0.877. The van der Waals surface area contributed by atoms with Crippen LogP contribution in [0, 0.1) is 6.92 Å². The van der Waals surface area contributed by atoms with Crippen LogP contribution < -0.4 is 10.1 Å². The van der Waals surface area contributed by atoms with Crippen molar-refractivity contribution in [2.24, 2.45) is 0 Å². The molecule has 0 radical (unpaired) electrons. The van der Waals surface area contributed by atoms with Crippen LogP contribution in [-0.2, 0) is 13.0 Å². The minimum absolute atomic E-state index is 0.877. The highest BCUT2D eigenvalue weighted by Crippen LogP contribution is 2.26. The second-order valence-corrected chi connectivity index (χ2v) is 4.98. The molecule has 0 aliphatic rings. The van der Waals surface area contributed by atoms with Crippen molar-refractivity contribution in [3.8, 4) is 11.5 Å². The van der Waals surface area contributed by atoms with E-state index in [1.54, 1.807) is 0 Å². The Kier molecular flexibility index (Phi) is 5.19. The third-order valence-electron chi connectivity index (χ3n) is 3.37. The van der Waals surface area contributed by atoms with E-state index in [1.165, 1.54) is 11.1 Å². The zero-order valence-electron chi connectivity index (χ0n) is 12.6. The highest BCUT2D eigenvalue weighted by molar-refractivity contribution is 5.41. The van der Waals surface area contributed by atoms with Crippen molar-refractivity contribution >= 4 is 0 Å². The van der Waals surface area contributed by atoms with Crippen LogP contribution in [0.3, 0.4) is 0 Å². The van der Waals surface area contributed by atoms with Crippen LogP contribution in [0.5, 0.6) is 11.5 Å². The van der Waals surface area contributed by atoms with Crippen molar-refractivity contribution in [3.05, 3.63) is 59.2 Å². The molecule has 2 aromatic rings. The first-order valence-electron chi connectivity index (χ1n) is 7.30. The van der Waals surface area contributed by atoms with Crippen molar-refractivity contribution in [2.45, 2.75) is 33.7 Å². The summed E-state index contributed by atoms with van der Waals surface area (Å²) in [6, 6.07) is 14.7. The van der Waals surface area contributed by atoms with Gasteiger partial charge in [-0.1, -0.05) is 38.1 Å². The topological polar surface area (TPSA) is 21.3 Å². The molecule has 0 fully saturated rings. The summed E-state index contributed by atoms with van der Waals surface area (Å²) < 4.78 is 6.04. The third-order valence-corrected chi connectivity index (χ3v) is 3.37. The van der Waals surface area contributed by atoms with E-state index >= 15 is 0 Å². The Bertz CT molecular complexity index is 563. The molecule has 0 saturated carbocycles. The molecule has 0 aliphatic carbocycles. The zero-order chi connectivity index (χ0) is 14.4. The predicted molar refractivity (Wildman–Crippen MR) is 84.5 cm³/mol. The minimum Gasteiger partial charge on any atom is -0.457 e. The Balaban J connectivity index is 2.18. The maximum absolute atomic E-state index is 6.04. The van der Waals surface area contributed by atoms with Crippen molar-refractivity contribution in [3.63, 3.8) is 0 Å². The lowest BCUT2D eigenvalue weighted by atomic mass is 10.1. The standard InChI is InChI=1S/C18H23NO/c1-4-15-7-6-8-17(11-15)20-18-12-16(13-19-5-2)10-9-14(18)3/h6-12,19H,4-5,13H2,1-3H3. The Morgan fingerprint density at radius 2 is 1.85 bits per heavy atom. The van der Waals surface area contributed by atoms with Gasteiger partial charge in [0.25, 0.3) is 0 Å². The van der Waals surface area contributed by atoms with E-state index in [1.807, 2.05) is 12.1 Å². The van der Waals surface area contributed by atoms with Gasteiger partial charge in [0.15, 0.2) is 0 Å². The second kappa shape index (κ2) is 7.11. The number of ether oxygens (including phenoxy) is 1. The molecule has 106 valence electrons. The largest absolute Gasteiger partial charge is 0.457 e. The third kappa shape index (κ3) is 3.84.